The molecule has 0 unspecified atom stereocenters. The van der Waals surface area contributed by atoms with Crippen LogP contribution in [0.5, 0.6) is 0 Å². The molecule has 0 radical (unpaired) electrons. The monoisotopic (exact) mass is 267 g/mol. The van der Waals surface area contributed by atoms with Gasteiger partial charge in [-0.2, -0.15) is 0 Å². The standard InChI is InChI=1S/C15H17N5/c1-2-7-16-10-13-11-20(19-18-13)15-5-3-4-12-9-17-8-6-14(12)15/h3-6,8-9,11,16H,2,7,10H2,1H3. The Balaban J connectivity index is 1.91. The van der Waals surface area contributed by atoms with Crippen molar-refractivity contribution in [2.45, 2.75) is 19.9 Å². The van der Waals surface area contributed by atoms with Crippen LogP contribution in [0.15, 0.2) is 42.9 Å². The van der Waals surface area contributed by atoms with E-state index in [1.807, 2.05) is 41.3 Å². The Labute approximate surface area is 117 Å². The van der Waals surface area contributed by atoms with Crippen LogP contribution in [0.4, 0.5) is 0 Å². The molecule has 20 heavy (non-hydrogen) atoms. The predicted molar refractivity (Wildman–Crippen MR) is 78.7 cm³/mol. The maximum atomic E-state index is 4.22. The van der Waals surface area contributed by atoms with Crippen LogP contribution < -0.4 is 5.32 Å². The summed E-state index contributed by atoms with van der Waals surface area (Å²) in [6, 6.07) is 8.10. The van der Waals surface area contributed by atoms with Gasteiger partial charge in [-0.1, -0.05) is 24.3 Å². The third-order valence-corrected chi connectivity index (χ3v) is 3.18. The van der Waals surface area contributed by atoms with Gasteiger partial charge in [0.05, 0.1) is 17.6 Å². The second-order valence-electron chi connectivity index (χ2n) is 4.71. The van der Waals surface area contributed by atoms with E-state index in [-0.39, 0.29) is 0 Å². The van der Waals surface area contributed by atoms with Crippen molar-refractivity contribution in [3.63, 3.8) is 0 Å². The van der Waals surface area contributed by atoms with Gasteiger partial charge >= 0.3 is 0 Å². The first-order chi connectivity index (χ1) is 9.88. The van der Waals surface area contributed by atoms with Gasteiger partial charge in [-0.3, -0.25) is 4.98 Å². The Morgan fingerprint density at radius 2 is 2.20 bits per heavy atom. The van der Waals surface area contributed by atoms with Crippen LogP contribution in [-0.4, -0.2) is 26.5 Å². The average Bonchev–Trinajstić information content (AvgIpc) is 2.96. The quantitative estimate of drug-likeness (QED) is 0.721. The zero-order valence-electron chi connectivity index (χ0n) is 11.5. The lowest BCUT2D eigenvalue weighted by atomic mass is 10.1. The third-order valence-electron chi connectivity index (χ3n) is 3.18. The second-order valence-corrected chi connectivity index (χ2v) is 4.71. The number of nitrogens with one attached hydrogen (secondary N) is 1. The van der Waals surface area contributed by atoms with E-state index in [0.717, 1.165) is 41.7 Å². The number of hydrogen-bond donors (Lipinski definition) is 1. The van der Waals surface area contributed by atoms with Gasteiger partial charge in [0.2, 0.25) is 0 Å². The fourth-order valence-electron chi connectivity index (χ4n) is 2.20. The summed E-state index contributed by atoms with van der Waals surface area (Å²) in [5.74, 6) is 0. The van der Waals surface area contributed by atoms with Crippen LogP contribution in [0.25, 0.3) is 16.5 Å². The average molecular weight is 267 g/mol. The Hall–Kier alpha value is -2.27. The number of benzene rings is 1. The molecule has 0 aliphatic rings. The maximum absolute atomic E-state index is 4.22. The van der Waals surface area contributed by atoms with E-state index < -0.39 is 0 Å². The molecule has 3 aromatic rings. The molecule has 0 spiro atoms. The first-order valence-electron chi connectivity index (χ1n) is 6.83. The topological polar surface area (TPSA) is 55.6 Å². The van der Waals surface area contributed by atoms with Crippen LogP contribution in [0.1, 0.15) is 19.0 Å². The lowest BCUT2D eigenvalue weighted by molar-refractivity contribution is 0.662. The van der Waals surface area contributed by atoms with Crippen LogP contribution in [0.2, 0.25) is 0 Å². The van der Waals surface area contributed by atoms with Crippen molar-refractivity contribution in [3.05, 3.63) is 48.5 Å². The van der Waals surface area contributed by atoms with E-state index in [9.17, 15) is 0 Å². The van der Waals surface area contributed by atoms with E-state index in [2.05, 4.69) is 27.5 Å². The number of fused-ring (bicyclic) bond motifs is 1. The van der Waals surface area contributed by atoms with E-state index in [0.29, 0.717) is 0 Å². The fourth-order valence-corrected chi connectivity index (χ4v) is 2.20. The normalized spacial score (nSPS) is 11.1. The minimum Gasteiger partial charge on any atom is -0.311 e. The molecular weight excluding hydrogens is 250 g/mol. The highest BCUT2D eigenvalue weighted by atomic mass is 15.4. The lowest BCUT2D eigenvalue weighted by Crippen LogP contribution is -2.13. The van der Waals surface area contributed by atoms with Gasteiger partial charge in [0, 0.05) is 29.7 Å². The minimum atomic E-state index is 0.750. The fraction of sp³-hybridized carbons (Fsp3) is 0.267. The van der Waals surface area contributed by atoms with Crippen LogP contribution in [-0.2, 0) is 6.54 Å². The summed E-state index contributed by atoms with van der Waals surface area (Å²) in [6.45, 7) is 3.89. The van der Waals surface area contributed by atoms with Crippen molar-refractivity contribution >= 4 is 10.8 Å². The van der Waals surface area contributed by atoms with Crippen LogP contribution in [0, 0.1) is 0 Å². The summed E-state index contributed by atoms with van der Waals surface area (Å²) in [7, 11) is 0. The Bertz CT molecular complexity index is 699. The summed E-state index contributed by atoms with van der Waals surface area (Å²) < 4.78 is 1.82. The number of rotatable bonds is 5. The molecule has 102 valence electrons. The zero-order chi connectivity index (χ0) is 13.8. The molecule has 0 atom stereocenters. The van der Waals surface area contributed by atoms with Crippen LogP contribution in [0.3, 0.4) is 0 Å². The van der Waals surface area contributed by atoms with Gasteiger partial charge in [-0.15, -0.1) is 5.10 Å². The molecule has 0 fully saturated rings. The molecule has 1 N–H and O–H groups in total. The molecule has 0 saturated heterocycles. The van der Waals surface area contributed by atoms with E-state index in [4.69, 9.17) is 0 Å². The van der Waals surface area contributed by atoms with Gasteiger partial charge < -0.3 is 5.32 Å². The van der Waals surface area contributed by atoms with Gasteiger partial charge in [0.25, 0.3) is 0 Å². The Morgan fingerprint density at radius 3 is 3.10 bits per heavy atom. The largest absolute Gasteiger partial charge is 0.311 e. The summed E-state index contributed by atoms with van der Waals surface area (Å²) in [5.41, 5.74) is 1.98. The van der Waals surface area contributed by atoms with Gasteiger partial charge in [-0.05, 0) is 25.1 Å². The minimum absolute atomic E-state index is 0.750. The molecule has 0 bridgehead atoms. The van der Waals surface area contributed by atoms with E-state index >= 15 is 0 Å². The molecular formula is C15H17N5. The smallest absolute Gasteiger partial charge is 0.0969 e. The highest BCUT2D eigenvalue weighted by molar-refractivity contribution is 5.89. The summed E-state index contributed by atoms with van der Waals surface area (Å²) in [5, 5.41) is 14.0. The summed E-state index contributed by atoms with van der Waals surface area (Å²) in [6.07, 6.45) is 6.74. The van der Waals surface area contributed by atoms with Crippen molar-refractivity contribution in [1.29, 1.82) is 0 Å². The Morgan fingerprint density at radius 1 is 1.25 bits per heavy atom. The van der Waals surface area contributed by atoms with Crippen molar-refractivity contribution in [2.75, 3.05) is 6.54 Å². The van der Waals surface area contributed by atoms with Gasteiger partial charge in [0.1, 0.15) is 0 Å². The molecule has 0 saturated carbocycles. The summed E-state index contributed by atoms with van der Waals surface area (Å²) in [4.78, 5) is 4.15. The van der Waals surface area contributed by atoms with E-state index in [1.165, 1.54) is 0 Å². The molecule has 1 aromatic carbocycles. The molecule has 0 aliphatic heterocycles. The predicted octanol–water partition coefficient (Wildman–Crippen LogP) is 2.32. The van der Waals surface area contributed by atoms with Crippen LogP contribution >= 0.6 is 0 Å². The van der Waals surface area contributed by atoms with Gasteiger partial charge in [0.15, 0.2) is 0 Å². The zero-order valence-corrected chi connectivity index (χ0v) is 11.5. The second kappa shape index (κ2) is 5.79. The molecule has 5 nitrogen and oxygen atoms in total. The van der Waals surface area contributed by atoms with Crippen molar-refractivity contribution in [1.82, 2.24) is 25.3 Å². The highest BCUT2D eigenvalue weighted by Crippen LogP contribution is 2.20. The molecule has 5 heteroatoms. The number of aromatic nitrogens is 4. The molecule has 0 aliphatic carbocycles. The van der Waals surface area contributed by atoms with Gasteiger partial charge in [-0.25, -0.2) is 4.68 Å². The van der Waals surface area contributed by atoms with Crippen molar-refractivity contribution < 1.29 is 0 Å². The first-order valence-corrected chi connectivity index (χ1v) is 6.83. The van der Waals surface area contributed by atoms with Crippen molar-refractivity contribution in [2.24, 2.45) is 0 Å². The highest BCUT2D eigenvalue weighted by Gasteiger charge is 2.06. The molecule has 0 amide bonds. The SMILES string of the molecule is CCCNCc1cn(-c2cccc3cnccc23)nn1. The third kappa shape index (κ3) is 2.53. The number of pyridine rings is 1. The first kappa shape index (κ1) is 12.7. The lowest BCUT2D eigenvalue weighted by Gasteiger charge is -2.04. The molecule has 3 rings (SSSR count). The molecule has 2 heterocycles. The van der Waals surface area contributed by atoms with Crippen molar-refractivity contribution in [3.8, 4) is 5.69 Å². The number of hydrogen-bond acceptors (Lipinski definition) is 4. The van der Waals surface area contributed by atoms with E-state index in [1.54, 1.807) is 6.20 Å². The molecule has 2 aromatic heterocycles. The number of nitrogens with zero attached hydrogens (tertiary/aromatic N) is 4. The summed E-state index contributed by atoms with van der Waals surface area (Å²) >= 11 is 0. The maximum Gasteiger partial charge on any atom is 0.0969 e. The Kier molecular flexibility index (Phi) is 3.69.